The molecule has 1 aliphatic heterocycles. The van der Waals surface area contributed by atoms with Gasteiger partial charge < -0.3 is 5.11 Å². The molecule has 1 rings (SSSR count). The fourth-order valence-corrected chi connectivity index (χ4v) is 3.79. The zero-order valence-corrected chi connectivity index (χ0v) is 15.7. The molecule has 4 nitrogen and oxygen atoms in total. The van der Waals surface area contributed by atoms with Crippen LogP contribution in [-0.2, 0) is 9.59 Å². The first-order valence-electron chi connectivity index (χ1n) is 10.2. The normalized spacial score (nSPS) is 16.9. The van der Waals surface area contributed by atoms with E-state index in [0.29, 0.717) is 19.4 Å². The Kier molecular flexibility index (Phi) is 11.2. The van der Waals surface area contributed by atoms with E-state index in [1.807, 2.05) is 0 Å². The zero-order valence-electron chi connectivity index (χ0n) is 15.7. The summed E-state index contributed by atoms with van der Waals surface area (Å²) in [5.74, 6) is 0.0225. The topological polar surface area (TPSA) is 54.4 Å². The van der Waals surface area contributed by atoms with E-state index in [-0.39, 0.29) is 29.4 Å². The number of hydrogen-bond donors (Lipinski definition) is 1. The molecule has 2 amide bonds. The Bertz CT molecular complexity index is 352. The molecular formula is C20H38NO3+. The second kappa shape index (κ2) is 12.6. The minimum Gasteiger partial charge on any atom is -0.390 e. The van der Waals surface area contributed by atoms with Crippen molar-refractivity contribution in [3.63, 3.8) is 0 Å². The Morgan fingerprint density at radius 1 is 0.708 bits per heavy atom. The van der Waals surface area contributed by atoms with Crippen LogP contribution in [0.3, 0.4) is 0 Å². The van der Waals surface area contributed by atoms with E-state index >= 15 is 0 Å². The van der Waals surface area contributed by atoms with E-state index in [2.05, 4.69) is 6.92 Å². The molecule has 140 valence electrons. The lowest BCUT2D eigenvalue weighted by molar-refractivity contribution is -0.774. The van der Waals surface area contributed by atoms with Gasteiger partial charge in [0, 0.05) is 0 Å². The van der Waals surface area contributed by atoms with Crippen LogP contribution in [0.2, 0.25) is 0 Å². The maximum Gasteiger partial charge on any atom is 0.321 e. The smallest absolute Gasteiger partial charge is 0.321 e. The number of aliphatic hydroxyl groups is 1. The number of nitrogens with zero attached hydrogens (tertiary/aromatic N) is 1. The quantitative estimate of drug-likeness (QED) is 0.274. The average Bonchev–Trinajstić information content (AvgIpc) is 2.85. The molecule has 0 unspecified atom stereocenters. The van der Waals surface area contributed by atoms with Crippen molar-refractivity contribution in [2.45, 2.75) is 96.8 Å². The van der Waals surface area contributed by atoms with E-state index in [4.69, 9.17) is 0 Å². The maximum absolute atomic E-state index is 12.1. The molecule has 0 atom stereocenters. The monoisotopic (exact) mass is 340 g/mol. The molecule has 0 aliphatic carbocycles. The number of hydrogen-bond acceptors (Lipinski definition) is 3. The summed E-state index contributed by atoms with van der Waals surface area (Å²) in [5, 5.41) is 9.20. The molecule has 0 aromatic carbocycles. The van der Waals surface area contributed by atoms with Crippen LogP contribution in [-0.4, -0.2) is 41.1 Å². The number of unbranched alkanes of at least 4 members (excludes halogenated alkanes) is 11. The summed E-state index contributed by atoms with van der Waals surface area (Å²) in [6.45, 7) is 3.03. The molecule has 0 bridgehead atoms. The van der Waals surface area contributed by atoms with E-state index in [1.54, 1.807) is 0 Å². The summed E-state index contributed by atoms with van der Waals surface area (Å²) in [6, 6.07) is 0. The van der Waals surface area contributed by atoms with Crippen molar-refractivity contribution in [2.24, 2.45) is 0 Å². The van der Waals surface area contributed by atoms with Gasteiger partial charge in [0.05, 0.1) is 26.0 Å². The minimum atomic E-state index is -0.0890. The van der Waals surface area contributed by atoms with Gasteiger partial charge in [0.2, 0.25) is 0 Å². The lowest BCUT2D eigenvalue weighted by Gasteiger charge is -2.28. The van der Waals surface area contributed by atoms with Crippen molar-refractivity contribution < 1.29 is 19.2 Å². The van der Waals surface area contributed by atoms with Gasteiger partial charge in [-0.2, -0.15) is 4.48 Å². The molecule has 1 saturated heterocycles. The lowest BCUT2D eigenvalue weighted by Crippen LogP contribution is -2.54. The Balaban J connectivity index is 2.03. The standard InChI is InChI=1S/C20H38NO3/c1-2-3-4-5-6-7-8-9-10-11-12-13-16-21(17-18-22)19(23)14-15-20(21)24/h22H,2-18H2,1H3/q+1. The number of amides is 2. The fraction of sp³-hybridized carbons (Fsp3) is 0.900. The average molecular weight is 341 g/mol. The van der Waals surface area contributed by atoms with Crippen molar-refractivity contribution >= 4 is 11.8 Å². The number of quaternary nitrogens is 1. The molecule has 4 heteroatoms. The number of aliphatic hydroxyl groups excluding tert-OH is 1. The highest BCUT2D eigenvalue weighted by Crippen LogP contribution is 2.24. The van der Waals surface area contributed by atoms with Gasteiger partial charge >= 0.3 is 11.8 Å². The van der Waals surface area contributed by atoms with Crippen LogP contribution in [0.25, 0.3) is 0 Å². The second-order valence-corrected chi connectivity index (χ2v) is 7.32. The van der Waals surface area contributed by atoms with Crippen molar-refractivity contribution in [3.05, 3.63) is 0 Å². The molecule has 0 radical (unpaired) electrons. The minimum absolute atomic E-state index is 0.0112. The van der Waals surface area contributed by atoms with Gasteiger partial charge in [0.1, 0.15) is 6.54 Å². The number of carbonyl (C=O) groups is 2. The summed E-state index contributed by atoms with van der Waals surface area (Å²) < 4.78 is -0.0890. The number of carbonyl (C=O) groups excluding carboxylic acids is 2. The number of rotatable bonds is 15. The molecular weight excluding hydrogens is 302 g/mol. The summed E-state index contributed by atoms with van der Waals surface area (Å²) in [6.07, 6.45) is 16.0. The third-order valence-electron chi connectivity index (χ3n) is 5.38. The first-order chi connectivity index (χ1) is 11.7. The van der Waals surface area contributed by atoms with E-state index in [9.17, 15) is 14.7 Å². The molecule has 0 saturated carbocycles. The van der Waals surface area contributed by atoms with Crippen LogP contribution < -0.4 is 0 Å². The van der Waals surface area contributed by atoms with Crippen LogP contribution in [0.4, 0.5) is 0 Å². The van der Waals surface area contributed by atoms with Gasteiger partial charge in [0.25, 0.3) is 0 Å². The lowest BCUT2D eigenvalue weighted by atomic mass is 10.1. The van der Waals surface area contributed by atoms with E-state index in [1.165, 1.54) is 64.2 Å². The third kappa shape index (κ3) is 7.02. The van der Waals surface area contributed by atoms with Gasteiger partial charge in [-0.3, -0.25) is 0 Å². The Hall–Kier alpha value is -0.740. The third-order valence-corrected chi connectivity index (χ3v) is 5.38. The van der Waals surface area contributed by atoms with Crippen LogP contribution in [0.15, 0.2) is 0 Å². The first kappa shape index (κ1) is 21.3. The fourth-order valence-electron chi connectivity index (χ4n) is 3.79. The Labute approximate surface area is 148 Å². The van der Waals surface area contributed by atoms with Crippen molar-refractivity contribution in [2.75, 3.05) is 19.7 Å². The van der Waals surface area contributed by atoms with Gasteiger partial charge in [0.15, 0.2) is 0 Å². The highest BCUT2D eigenvalue weighted by Gasteiger charge is 2.48. The van der Waals surface area contributed by atoms with Crippen LogP contribution in [0, 0.1) is 0 Å². The van der Waals surface area contributed by atoms with Crippen LogP contribution in [0.5, 0.6) is 0 Å². The largest absolute Gasteiger partial charge is 0.390 e. The van der Waals surface area contributed by atoms with Crippen molar-refractivity contribution in [3.8, 4) is 0 Å². The van der Waals surface area contributed by atoms with Gasteiger partial charge in [-0.05, 0) is 12.8 Å². The zero-order chi connectivity index (χ0) is 17.7. The molecule has 1 N–H and O–H groups in total. The molecule has 0 aromatic heterocycles. The predicted octanol–water partition coefficient (Wildman–Crippen LogP) is 4.34. The number of imide groups is 1. The van der Waals surface area contributed by atoms with Crippen molar-refractivity contribution in [1.82, 2.24) is 0 Å². The second-order valence-electron chi connectivity index (χ2n) is 7.32. The Morgan fingerprint density at radius 2 is 1.12 bits per heavy atom. The summed E-state index contributed by atoms with van der Waals surface area (Å²) >= 11 is 0. The molecule has 1 heterocycles. The summed E-state index contributed by atoms with van der Waals surface area (Å²) in [5.41, 5.74) is 0. The molecule has 0 spiro atoms. The number of likely N-dealkylation sites (tertiary alicyclic amines) is 1. The summed E-state index contributed by atoms with van der Waals surface area (Å²) in [7, 11) is 0. The molecule has 0 aromatic rings. The van der Waals surface area contributed by atoms with E-state index in [0.717, 1.165) is 12.8 Å². The molecule has 24 heavy (non-hydrogen) atoms. The van der Waals surface area contributed by atoms with Crippen molar-refractivity contribution in [1.29, 1.82) is 0 Å². The molecule has 1 aliphatic rings. The van der Waals surface area contributed by atoms with Crippen LogP contribution in [0.1, 0.15) is 96.8 Å². The highest BCUT2D eigenvalue weighted by molar-refractivity contribution is 5.91. The van der Waals surface area contributed by atoms with Gasteiger partial charge in [-0.25, -0.2) is 9.59 Å². The van der Waals surface area contributed by atoms with E-state index < -0.39 is 0 Å². The maximum atomic E-state index is 12.1. The Morgan fingerprint density at radius 3 is 1.54 bits per heavy atom. The SMILES string of the molecule is CCCCCCCCCCCCCC[N+]1(CCO)C(=O)CCC1=O. The summed E-state index contributed by atoms with van der Waals surface area (Å²) in [4.78, 5) is 24.1. The first-order valence-corrected chi connectivity index (χ1v) is 10.2. The molecule has 1 fully saturated rings. The predicted molar refractivity (Wildman–Crippen MR) is 97.4 cm³/mol. The van der Waals surface area contributed by atoms with Crippen LogP contribution >= 0.6 is 0 Å². The van der Waals surface area contributed by atoms with Gasteiger partial charge in [-0.15, -0.1) is 0 Å². The highest BCUT2D eigenvalue weighted by atomic mass is 16.3. The van der Waals surface area contributed by atoms with Gasteiger partial charge in [-0.1, -0.05) is 71.1 Å².